The molecule has 3 N–H and O–H groups in total. The van der Waals surface area contributed by atoms with Crippen LogP contribution in [0, 0.1) is 0 Å². The number of pyridine rings is 1. The second-order valence-corrected chi connectivity index (χ2v) is 8.90. The molecule has 39 heavy (non-hydrogen) atoms. The van der Waals surface area contributed by atoms with Gasteiger partial charge in [-0.3, -0.25) is 10.1 Å². The van der Waals surface area contributed by atoms with Gasteiger partial charge in [0.15, 0.2) is 12.3 Å². The predicted octanol–water partition coefficient (Wildman–Crippen LogP) is 5.41. The fraction of sp³-hybridized carbons (Fsp3) is 0.231. The normalized spacial score (nSPS) is 13.5. The molecule has 0 unspecified atom stereocenters. The van der Waals surface area contributed by atoms with Gasteiger partial charge in [0.2, 0.25) is 5.95 Å². The summed E-state index contributed by atoms with van der Waals surface area (Å²) in [6.45, 7) is -0.312. The molecule has 202 valence electrons. The zero-order valence-electron chi connectivity index (χ0n) is 20.4. The summed E-state index contributed by atoms with van der Waals surface area (Å²) in [7, 11) is 0. The molecule has 0 saturated carbocycles. The van der Waals surface area contributed by atoms with Gasteiger partial charge in [0.1, 0.15) is 5.75 Å². The number of anilines is 3. The lowest BCUT2D eigenvalue weighted by Gasteiger charge is -2.18. The molecule has 4 aromatic rings. The van der Waals surface area contributed by atoms with Crippen molar-refractivity contribution in [3.05, 3.63) is 66.4 Å². The highest BCUT2D eigenvalue weighted by atomic mass is 19.4. The van der Waals surface area contributed by atoms with Crippen LogP contribution < -0.4 is 15.4 Å². The molecule has 1 saturated heterocycles. The summed E-state index contributed by atoms with van der Waals surface area (Å²) < 4.78 is 45.3. The maximum atomic E-state index is 12.9. The van der Waals surface area contributed by atoms with Crippen LogP contribution >= 0.6 is 0 Å². The minimum Gasteiger partial charge on any atom is -0.482 e. The van der Waals surface area contributed by atoms with E-state index in [1.807, 2.05) is 6.07 Å². The Balaban J connectivity index is 1.39. The number of aromatic nitrogens is 3. The Kier molecular flexibility index (Phi) is 6.96. The lowest BCUT2D eigenvalue weighted by Crippen LogP contribution is -2.27. The van der Waals surface area contributed by atoms with Gasteiger partial charge in [0, 0.05) is 36.1 Å². The molecule has 13 heteroatoms. The predicted molar refractivity (Wildman–Crippen MR) is 136 cm³/mol. The highest BCUT2D eigenvalue weighted by molar-refractivity contribution is 5.95. The van der Waals surface area contributed by atoms with Crippen molar-refractivity contribution in [2.75, 3.05) is 30.3 Å². The second kappa shape index (κ2) is 10.5. The van der Waals surface area contributed by atoms with Crippen LogP contribution in [0.3, 0.4) is 0 Å². The summed E-state index contributed by atoms with van der Waals surface area (Å²) in [5.74, 6) is -0.295. The van der Waals surface area contributed by atoms with E-state index in [2.05, 4.69) is 20.7 Å². The Labute approximate surface area is 220 Å². The first kappa shape index (κ1) is 25.8. The van der Waals surface area contributed by atoms with E-state index in [1.165, 1.54) is 22.7 Å². The Morgan fingerprint density at radius 1 is 1.00 bits per heavy atom. The molecular formula is C26H23F3N6O4. The second-order valence-electron chi connectivity index (χ2n) is 8.90. The van der Waals surface area contributed by atoms with Crippen LogP contribution in [0.5, 0.6) is 5.75 Å². The maximum absolute atomic E-state index is 12.9. The molecule has 2 amide bonds. The van der Waals surface area contributed by atoms with Crippen LogP contribution in [-0.2, 0) is 0 Å². The van der Waals surface area contributed by atoms with Gasteiger partial charge in [-0.1, -0.05) is 12.1 Å². The van der Waals surface area contributed by atoms with Gasteiger partial charge >= 0.3 is 12.3 Å². The molecule has 3 heterocycles. The zero-order valence-corrected chi connectivity index (χ0v) is 20.4. The lowest BCUT2D eigenvalue weighted by molar-refractivity contribution is -0.153. The SMILES string of the molecule is O=C(O)Nc1ccc(-c2ccc3nc(Nc4ccc(C(=O)N5CCCC5)cc4OCC(F)(F)F)nn3c2)cc1. The van der Waals surface area contributed by atoms with Gasteiger partial charge in [-0.2, -0.15) is 18.2 Å². The van der Waals surface area contributed by atoms with E-state index < -0.39 is 18.9 Å². The third-order valence-electron chi connectivity index (χ3n) is 6.06. The van der Waals surface area contributed by atoms with Crippen LogP contribution in [0.15, 0.2) is 60.8 Å². The van der Waals surface area contributed by atoms with Crippen molar-refractivity contribution in [2.45, 2.75) is 19.0 Å². The van der Waals surface area contributed by atoms with E-state index in [0.717, 1.165) is 24.0 Å². The van der Waals surface area contributed by atoms with Crippen molar-refractivity contribution in [3.63, 3.8) is 0 Å². The molecule has 1 fully saturated rings. The standard InChI is InChI=1S/C26H23F3N6O4/c27-26(28,29)15-39-21-13-17(23(36)34-11-1-2-12-34)5-9-20(21)31-24-32-22-10-6-18(14-35(22)33-24)16-3-7-19(8-4-16)30-25(37)38/h3-10,13-14,30H,1-2,11-12,15H2,(H,31,33)(H,37,38). The average molecular weight is 541 g/mol. The van der Waals surface area contributed by atoms with Crippen LogP contribution in [-0.4, -0.2) is 62.5 Å². The zero-order chi connectivity index (χ0) is 27.6. The van der Waals surface area contributed by atoms with E-state index in [9.17, 15) is 22.8 Å². The number of hydrogen-bond donors (Lipinski definition) is 3. The quantitative estimate of drug-likeness (QED) is 0.287. The first-order valence-corrected chi connectivity index (χ1v) is 12.0. The highest BCUT2D eigenvalue weighted by Gasteiger charge is 2.29. The number of halogens is 3. The molecule has 0 aliphatic carbocycles. The van der Waals surface area contributed by atoms with Gasteiger partial charge in [-0.25, -0.2) is 9.31 Å². The van der Waals surface area contributed by atoms with Crippen LogP contribution in [0.2, 0.25) is 0 Å². The summed E-state index contributed by atoms with van der Waals surface area (Å²) >= 11 is 0. The molecule has 1 aliphatic rings. The van der Waals surface area contributed by atoms with Crippen molar-refractivity contribution in [1.29, 1.82) is 0 Å². The molecule has 0 radical (unpaired) electrons. The number of alkyl halides is 3. The number of likely N-dealkylation sites (tertiary alicyclic amines) is 1. The van der Waals surface area contributed by atoms with Crippen LogP contribution in [0.4, 0.5) is 35.3 Å². The number of carbonyl (C=O) groups is 2. The fourth-order valence-corrected chi connectivity index (χ4v) is 4.24. The topological polar surface area (TPSA) is 121 Å². The molecule has 2 aromatic heterocycles. The number of ether oxygens (including phenoxy) is 1. The summed E-state index contributed by atoms with van der Waals surface area (Å²) in [6, 6.07) is 14.6. The third kappa shape index (κ3) is 6.20. The minimum atomic E-state index is -4.56. The molecule has 0 spiro atoms. The number of nitrogens with zero attached hydrogens (tertiary/aromatic N) is 4. The smallest absolute Gasteiger partial charge is 0.422 e. The molecule has 0 atom stereocenters. The molecule has 2 aromatic carbocycles. The lowest BCUT2D eigenvalue weighted by atomic mass is 10.1. The molecule has 1 aliphatic heterocycles. The summed E-state index contributed by atoms with van der Waals surface area (Å²) in [4.78, 5) is 29.6. The van der Waals surface area contributed by atoms with E-state index in [0.29, 0.717) is 24.4 Å². The summed E-state index contributed by atoms with van der Waals surface area (Å²) in [6.07, 6.45) is -2.24. The van der Waals surface area contributed by atoms with Gasteiger partial charge < -0.3 is 20.1 Å². The number of rotatable bonds is 7. The molecule has 10 nitrogen and oxygen atoms in total. The van der Waals surface area contributed by atoms with E-state index in [1.54, 1.807) is 41.4 Å². The first-order chi connectivity index (χ1) is 18.6. The number of benzene rings is 2. The van der Waals surface area contributed by atoms with E-state index in [-0.39, 0.29) is 28.9 Å². The van der Waals surface area contributed by atoms with Crippen molar-refractivity contribution >= 4 is 35.0 Å². The fourth-order valence-electron chi connectivity index (χ4n) is 4.24. The van der Waals surface area contributed by atoms with Crippen molar-refractivity contribution in [3.8, 4) is 16.9 Å². The minimum absolute atomic E-state index is 0.114. The van der Waals surface area contributed by atoms with Gasteiger partial charge in [-0.15, -0.1) is 5.10 Å². The Bertz CT molecular complexity index is 1510. The maximum Gasteiger partial charge on any atom is 0.422 e. The number of nitrogens with one attached hydrogen (secondary N) is 2. The molecule has 0 bridgehead atoms. The van der Waals surface area contributed by atoms with E-state index in [4.69, 9.17) is 9.84 Å². The Morgan fingerprint density at radius 3 is 2.41 bits per heavy atom. The molecule has 5 rings (SSSR count). The summed E-state index contributed by atoms with van der Waals surface area (Å²) in [5, 5.41) is 18.4. The van der Waals surface area contributed by atoms with E-state index >= 15 is 0 Å². The van der Waals surface area contributed by atoms with Crippen molar-refractivity contribution in [2.24, 2.45) is 0 Å². The number of carbonyl (C=O) groups excluding carboxylic acids is 1. The Hall–Kier alpha value is -4.81. The first-order valence-electron chi connectivity index (χ1n) is 12.0. The monoisotopic (exact) mass is 540 g/mol. The Morgan fingerprint density at radius 2 is 1.72 bits per heavy atom. The number of fused-ring (bicyclic) bond motifs is 1. The van der Waals surface area contributed by atoms with Gasteiger partial charge in [-0.05, 0) is 60.9 Å². The number of hydrogen-bond acceptors (Lipinski definition) is 6. The third-order valence-corrected chi connectivity index (χ3v) is 6.06. The van der Waals surface area contributed by atoms with Crippen LogP contribution in [0.1, 0.15) is 23.2 Å². The number of carboxylic acid groups (broad SMARTS) is 1. The number of amides is 2. The van der Waals surface area contributed by atoms with Crippen molar-refractivity contribution in [1.82, 2.24) is 19.5 Å². The van der Waals surface area contributed by atoms with Gasteiger partial charge in [0.05, 0.1) is 5.69 Å². The average Bonchev–Trinajstić information content (AvgIpc) is 3.57. The molecular weight excluding hydrogens is 517 g/mol. The highest BCUT2D eigenvalue weighted by Crippen LogP contribution is 2.31. The van der Waals surface area contributed by atoms with Gasteiger partial charge in [0.25, 0.3) is 5.91 Å². The largest absolute Gasteiger partial charge is 0.482 e. The van der Waals surface area contributed by atoms with Crippen LogP contribution in [0.25, 0.3) is 16.8 Å². The van der Waals surface area contributed by atoms with Crippen molar-refractivity contribution < 1.29 is 32.6 Å². The summed E-state index contributed by atoms with van der Waals surface area (Å²) in [5.41, 5.74) is 2.89.